The van der Waals surface area contributed by atoms with Crippen LogP contribution in [0.15, 0.2) is 48.7 Å². The van der Waals surface area contributed by atoms with Crippen molar-refractivity contribution in [1.82, 2.24) is 20.3 Å². The number of piperidine rings is 1. The number of rotatable bonds is 3. The molecule has 0 saturated carbocycles. The molecule has 2 aromatic heterocycles. The standard InChI is InChI=1S/C21H20ClN5/c22-13-5-6-15-19(11-13)24-12-16(20(15)25-14-7-9-23-10-8-14)21-26-17-3-1-2-4-18(17)27-21/h1-6,11-12,14,23H,7-10H2,(H,24,25)(H,26,27). The number of hydrogen-bond acceptors (Lipinski definition) is 4. The molecule has 1 fully saturated rings. The van der Waals surface area contributed by atoms with E-state index in [1.54, 1.807) is 0 Å². The van der Waals surface area contributed by atoms with Crippen molar-refractivity contribution >= 4 is 39.2 Å². The summed E-state index contributed by atoms with van der Waals surface area (Å²) in [6, 6.07) is 14.4. The van der Waals surface area contributed by atoms with E-state index in [0.29, 0.717) is 11.1 Å². The number of aromatic amines is 1. The van der Waals surface area contributed by atoms with Crippen molar-refractivity contribution in [3.63, 3.8) is 0 Å². The molecule has 0 amide bonds. The number of aromatic nitrogens is 3. The number of imidazole rings is 1. The summed E-state index contributed by atoms with van der Waals surface area (Å²) in [7, 11) is 0. The Morgan fingerprint density at radius 3 is 2.74 bits per heavy atom. The maximum Gasteiger partial charge on any atom is 0.142 e. The second-order valence-corrected chi connectivity index (χ2v) is 7.42. The molecule has 4 aromatic rings. The molecule has 3 heterocycles. The molecular formula is C21H20ClN5. The lowest BCUT2D eigenvalue weighted by Gasteiger charge is -2.26. The minimum atomic E-state index is 0.427. The summed E-state index contributed by atoms with van der Waals surface area (Å²) in [5, 5.41) is 8.95. The molecule has 6 heteroatoms. The van der Waals surface area contributed by atoms with Crippen LogP contribution in [0.1, 0.15) is 12.8 Å². The monoisotopic (exact) mass is 377 g/mol. The number of H-pyrrole nitrogens is 1. The Morgan fingerprint density at radius 2 is 1.89 bits per heavy atom. The lowest BCUT2D eigenvalue weighted by Crippen LogP contribution is -2.35. The first-order valence-corrected chi connectivity index (χ1v) is 9.66. The van der Waals surface area contributed by atoms with Crippen LogP contribution < -0.4 is 10.6 Å². The number of nitrogens with zero attached hydrogens (tertiary/aromatic N) is 2. The molecule has 0 radical (unpaired) electrons. The van der Waals surface area contributed by atoms with Gasteiger partial charge < -0.3 is 15.6 Å². The summed E-state index contributed by atoms with van der Waals surface area (Å²) < 4.78 is 0. The van der Waals surface area contributed by atoms with Gasteiger partial charge in [-0.05, 0) is 56.3 Å². The lowest BCUT2D eigenvalue weighted by molar-refractivity contribution is 0.479. The molecule has 3 N–H and O–H groups in total. The molecule has 1 aliphatic rings. The van der Waals surface area contributed by atoms with E-state index >= 15 is 0 Å². The highest BCUT2D eigenvalue weighted by molar-refractivity contribution is 6.31. The van der Waals surface area contributed by atoms with E-state index < -0.39 is 0 Å². The van der Waals surface area contributed by atoms with E-state index in [0.717, 1.165) is 64.9 Å². The molecule has 2 aromatic carbocycles. The first kappa shape index (κ1) is 16.5. The van der Waals surface area contributed by atoms with Crippen molar-refractivity contribution in [2.24, 2.45) is 0 Å². The van der Waals surface area contributed by atoms with Crippen LogP contribution in [0, 0.1) is 0 Å². The smallest absolute Gasteiger partial charge is 0.142 e. The fourth-order valence-electron chi connectivity index (χ4n) is 3.75. The van der Waals surface area contributed by atoms with E-state index in [1.807, 2.05) is 48.7 Å². The van der Waals surface area contributed by atoms with Gasteiger partial charge in [0, 0.05) is 22.6 Å². The summed E-state index contributed by atoms with van der Waals surface area (Å²) in [5.41, 5.74) is 4.93. The molecule has 27 heavy (non-hydrogen) atoms. The molecule has 0 aliphatic carbocycles. The molecule has 0 bridgehead atoms. The van der Waals surface area contributed by atoms with Gasteiger partial charge in [-0.15, -0.1) is 0 Å². The molecule has 1 saturated heterocycles. The molecule has 0 atom stereocenters. The quantitative estimate of drug-likeness (QED) is 0.488. The van der Waals surface area contributed by atoms with Gasteiger partial charge in [0.2, 0.25) is 0 Å². The summed E-state index contributed by atoms with van der Waals surface area (Å²) in [5.74, 6) is 0.831. The number of benzene rings is 2. The highest BCUT2D eigenvalue weighted by atomic mass is 35.5. The average molecular weight is 378 g/mol. The summed E-state index contributed by atoms with van der Waals surface area (Å²) in [4.78, 5) is 12.9. The van der Waals surface area contributed by atoms with Gasteiger partial charge in [-0.25, -0.2) is 4.98 Å². The number of para-hydroxylation sites is 2. The van der Waals surface area contributed by atoms with Crippen molar-refractivity contribution in [2.75, 3.05) is 18.4 Å². The van der Waals surface area contributed by atoms with Gasteiger partial charge in [0.05, 0.1) is 27.8 Å². The average Bonchev–Trinajstić information content (AvgIpc) is 3.12. The fourth-order valence-corrected chi connectivity index (χ4v) is 3.92. The van der Waals surface area contributed by atoms with Crippen LogP contribution in [-0.4, -0.2) is 34.1 Å². The Balaban J connectivity index is 1.67. The van der Waals surface area contributed by atoms with Crippen molar-refractivity contribution in [3.05, 3.63) is 53.7 Å². The van der Waals surface area contributed by atoms with Crippen LogP contribution in [0.25, 0.3) is 33.3 Å². The first-order chi connectivity index (χ1) is 13.3. The predicted molar refractivity (Wildman–Crippen MR) is 111 cm³/mol. The van der Waals surface area contributed by atoms with Crippen LogP contribution in [0.4, 0.5) is 5.69 Å². The zero-order valence-electron chi connectivity index (χ0n) is 14.8. The second-order valence-electron chi connectivity index (χ2n) is 6.98. The topological polar surface area (TPSA) is 65.6 Å². The largest absolute Gasteiger partial charge is 0.381 e. The molecular weight excluding hydrogens is 358 g/mol. The van der Waals surface area contributed by atoms with Crippen molar-refractivity contribution in [1.29, 1.82) is 0 Å². The Morgan fingerprint density at radius 1 is 1.04 bits per heavy atom. The summed E-state index contributed by atoms with van der Waals surface area (Å²) >= 11 is 6.19. The SMILES string of the molecule is Clc1ccc2c(NC3CCNCC3)c(-c3nc4ccccc4[nH]3)cnc2c1. The minimum Gasteiger partial charge on any atom is -0.381 e. The number of hydrogen-bond donors (Lipinski definition) is 3. The molecule has 0 spiro atoms. The van der Waals surface area contributed by atoms with Crippen LogP contribution in [-0.2, 0) is 0 Å². The third-order valence-electron chi connectivity index (χ3n) is 5.16. The molecule has 5 nitrogen and oxygen atoms in total. The summed E-state index contributed by atoms with van der Waals surface area (Å²) in [6.07, 6.45) is 4.08. The number of halogens is 1. The van der Waals surface area contributed by atoms with Gasteiger partial charge in [-0.2, -0.15) is 0 Å². The van der Waals surface area contributed by atoms with Crippen molar-refractivity contribution in [2.45, 2.75) is 18.9 Å². The minimum absolute atomic E-state index is 0.427. The third-order valence-corrected chi connectivity index (χ3v) is 5.40. The highest BCUT2D eigenvalue weighted by Crippen LogP contribution is 2.35. The molecule has 0 unspecified atom stereocenters. The van der Waals surface area contributed by atoms with Crippen LogP contribution >= 0.6 is 11.6 Å². The van der Waals surface area contributed by atoms with E-state index in [2.05, 4.69) is 20.6 Å². The van der Waals surface area contributed by atoms with Gasteiger partial charge in [0.25, 0.3) is 0 Å². The first-order valence-electron chi connectivity index (χ1n) is 9.28. The number of pyridine rings is 1. The third kappa shape index (κ3) is 3.13. The zero-order valence-corrected chi connectivity index (χ0v) is 15.6. The van der Waals surface area contributed by atoms with Crippen LogP contribution in [0.2, 0.25) is 5.02 Å². The van der Waals surface area contributed by atoms with Crippen LogP contribution in [0.3, 0.4) is 0 Å². The zero-order chi connectivity index (χ0) is 18.2. The maximum atomic E-state index is 6.19. The molecule has 1 aliphatic heterocycles. The molecule has 136 valence electrons. The van der Waals surface area contributed by atoms with Gasteiger partial charge in [0.1, 0.15) is 5.82 Å². The Labute approximate surface area is 162 Å². The maximum absolute atomic E-state index is 6.19. The highest BCUT2D eigenvalue weighted by Gasteiger charge is 2.19. The fraction of sp³-hybridized carbons (Fsp3) is 0.238. The van der Waals surface area contributed by atoms with E-state index in [-0.39, 0.29) is 0 Å². The van der Waals surface area contributed by atoms with Gasteiger partial charge in [-0.3, -0.25) is 4.98 Å². The normalized spacial score (nSPS) is 15.4. The van der Waals surface area contributed by atoms with Gasteiger partial charge in [0.15, 0.2) is 0 Å². The van der Waals surface area contributed by atoms with E-state index in [9.17, 15) is 0 Å². The van der Waals surface area contributed by atoms with E-state index in [1.165, 1.54) is 0 Å². The summed E-state index contributed by atoms with van der Waals surface area (Å²) in [6.45, 7) is 2.07. The number of anilines is 1. The number of nitrogens with one attached hydrogen (secondary N) is 3. The lowest BCUT2D eigenvalue weighted by atomic mass is 10.0. The second kappa shape index (κ2) is 6.83. The Bertz CT molecular complexity index is 1080. The van der Waals surface area contributed by atoms with Crippen molar-refractivity contribution < 1.29 is 0 Å². The van der Waals surface area contributed by atoms with Crippen LogP contribution in [0.5, 0.6) is 0 Å². The molecule has 5 rings (SSSR count). The van der Waals surface area contributed by atoms with Gasteiger partial charge in [-0.1, -0.05) is 23.7 Å². The van der Waals surface area contributed by atoms with E-state index in [4.69, 9.17) is 16.6 Å². The Hall–Kier alpha value is -2.63. The van der Waals surface area contributed by atoms with Crippen molar-refractivity contribution in [3.8, 4) is 11.4 Å². The predicted octanol–water partition coefficient (Wildman–Crippen LogP) is 4.60. The van der Waals surface area contributed by atoms with Gasteiger partial charge >= 0.3 is 0 Å². The Kier molecular flexibility index (Phi) is 4.19. The number of fused-ring (bicyclic) bond motifs is 2.